The van der Waals surface area contributed by atoms with Crippen molar-refractivity contribution in [3.05, 3.63) is 83.4 Å². The molecule has 0 N–H and O–H groups in total. The fourth-order valence-corrected chi connectivity index (χ4v) is 3.43. The molecule has 0 fully saturated rings. The predicted octanol–water partition coefficient (Wildman–Crippen LogP) is 7.81. The number of aryl methyl sites for hydroxylation is 1. The molecule has 0 saturated heterocycles. The molecule has 3 rings (SSSR count). The van der Waals surface area contributed by atoms with Gasteiger partial charge in [-0.2, -0.15) is 26.3 Å². The van der Waals surface area contributed by atoms with Gasteiger partial charge in [0.2, 0.25) is 0 Å². The minimum absolute atomic E-state index is 0.0351. The van der Waals surface area contributed by atoms with Crippen molar-refractivity contribution in [1.29, 1.82) is 0 Å². The zero-order chi connectivity index (χ0) is 21.2. The topological polar surface area (TPSA) is 0 Å². The molecule has 0 bridgehead atoms. The van der Waals surface area contributed by atoms with Crippen LogP contribution in [0.3, 0.4) is 0 Å². The zero-order valence-corrected chi connectivity index (χ0v) is 15.5. The van der Waals surface area contributed by atoms with E-state index in [2.05, 4.69) is 6.07 Å². The number of alkyl halides is 6. The van der Waals surface area contributed by atoms with E-state index in [0.717, 1.165) is 0 Å². The van der Waals surface area contributed by atoms with E-state index >= 15 is 0 Å². The first-order chi connectivity index (χ1) is 13.6. The Labute approximate surface area is 164 Å². The fraction of sp³-hybridized carbons (Fsp3) is 0.217. The van der Waals surface area contributed by atoms with E-state index in [0.29, 0.717) is 6.42 Å². The van der Waals surface area contributed by atoms with Crippen molar-refractivity contribution in [3.8, 4) is 22.3 Å². The second-order valence-electron chi connectivity index (χ2n) is 6.58. The predicted molar refractivity (Wildman–Crippen MR) is 100 cm³/mol. The summed E-state index contributed by atoms with van der Waals surface area (Å²) in [5, 5.41) is 0. The number of hydrogen-bond acceptors (Lipinski definition) is 0. The van der Waals surface area contributed by atoms with Gasteiger partial charge in [0.15, 0.2) is 0 Å². The third-order valence-corrected chi connectivity index (χ3v) is 4.52. The van der Waals surface area contributed by atoms with E-state index in [9.17, 15) is 26.3 Å². The molecule has 0 aromatic heterocycles. The number of benzene rings is 3. The summed E-state index contributed by atoms with van der Waals surface area (Å²) in [5.74, 6) is 0. The molecule has 0 saturated carbocycles. The second-order valence-corrected chi connectivity index (χ2v) is 6.58. The summed E-state index contributed by atoms with van der Waals surface area (Å²) in [6.07, 6.45) is -9.65. The molecule has 0 nitrogen and oxygen atoms in total. The Balaban J connectivity index is 2.55. The van der Waals surface area contributed by atoms with Crippen molar-refractivity contribution >= 4 is 0 Å². The van der Waals surface area contributed by atoms with E-state index in [1.165, 1.54) is 36.4 Å². The Morgan fingerprint density at radius 3 is 1.62 bits per heavy atom. The van der Waals surface area contributed by atoms with Gasteiger partial charge >= 0.3 is 12.4 Å². The van der Waals surface area contributed by atoms with Crippen molar-refractivity contribution in [2.24, 2.45) is 0 Å². The quantitative estimate of drug-likeness (QED) is 0.387. The lowest BCUT2D eigenvalue weighted by Crippen LogP contribution is -2.18. The average molecular weight is 407 g/mol. The molecule has 0 atom stereocenters. The van der Waals surface area contributed by atoms with Crippen LogP contribution in [-0.4, -0.2) is 0 Å². The molecular formula is C23H17F6. The fourth-order valence-electron chi connectivity index (χ4n) is 3.43. The van der Waals surface area contributed by atoms with Crippen LogP contribution in [0.25, 0.3) is 22.3 Å². The average Bonchev–Trinajstić information content (AvgIpc) is 2.67. The van der Waals surface area contributed by atoms with Gasteiger partial charge in [-0.3, -0.25) is 0 Å². The molecule has 0 spiro atoms. The van der Waals surface area contributed by atoms with Crippen LogP contribution >= 0.6 is 0 Å². The summed E-state index contributed by atoms with van der Waals surface area (Å²) in [5.41, 5.74) is -4.01. The van der Waals surface area contributed by atoms with Crippen LogP contribution < -0.4 is 0 Å². The molecule has 0 heterocycles. The zero-order valence-electron chi connectivity index (χ0n) is 15.5. The highest BCUT2D eigenvalue weighted by Crippen LogP contribution is 2.50. The maximum absolute atomic E-state index is 14.2. The van der Waals surface area contributed by atoms with E-state index in [1.807, 2.05) is 0 Å². The summed E-state index contributed by atoms with van der Waals surface area (Å²) in [6, 6.07) is 17.0. The van der Waals surface area contributed by atoms with Gasteiger partial charge in [-0.15, -0.1) is 0 Å². The minimum Gasteiger partial charge on any atom is -0.166 e. The van der Waals surface area contributed by atoms with Crippen molar-refractivity contribution < 1.29 is 26.3 Å². The van der Waals surface area contributed by atoms with Crippen LogP contribution in [0.4, 0.5) is 26.3 Å². The molecule has 0 aliphatic rings. The van der Waals surface area contributed by atoms with Crippen molar-refractivity contribution in [2.75, 3.05) is 0 Å². The standard InChI is InChI=1S/C23H17F6/c1-2-9-17-14-18(15-10-5-3-6-11-15)21(23(27,28)29)19(20(17)22(24,25)26)16-12-7-4-8-13-16/h3-8,10-13H,2,9H2,1H3. The molecule has 0 unspecified atom stereocenters. The Bertz CT molecular complexity index is 970. The van der Waals surface area contributed by atoms with Gasteiger partial charge in [-0.05, 0) is 29.2 Å². The van der Waals surface area contributed by atoms with Gasteiger partial charge in [0, 0.05) is 11.1 Å². The lowest BCUT2D eigenvalue weighted by atomic mass is 9.83. The first-order valence-electron chi connectivity index (χ1n) is 9.02. The monoisotopic (exact) mass is 407 g/mol. The van der Waals surface area contributed by atoms with Crippen LogP contribution in [0, 0.1) is 6.07 Å². The van der Waals surface area contributed by atoms with Crippen LogP contribution in [0.5, 0.6) is 0 Å². The highest BCUT2D eigenvalue weighted by Gasteiger charge is 2.45. The van der Waals surface area contributed by atoms with E-state index in [-0.39, 0.29) is 28.7 Å². The van der Waals surface area contributed by atoms with Crippen molar-refractivity contribution in [3.63, 3.8) is 0 Å². The number of halogens is 6. The molecule has 3 aromatic rings. The molecule has 0 amide bonds. The Hall–Kier alpha value is -2.76. The van der Waals surface area contributed by atoms with Gasteiger partial charge in [-0.1, -0.05) is 74.0 Å². The SMILES string of the molecule is CCCc1[c]c(-c2ccccc2)c(C(F)(F)F)c(-c2ccccc2)c1C(F)(F)F. The Morgan fingerprint density at radius 2 is 1.17 bits per heavy atom. The van der Waals surface area contributed by atoms with E-state index in [1.54, 1.807) is 31.2 Å². The lowest BCUT2D eigenvalue weighted by Gasteiger charge is -2.25. The molecule has 0 aliphatic carbocycles. The normalized spacial score (nSPS) is 12.2. The summed E-state index contributed by atoms with van der Waals surface area (Å²) in [4.78, 5) is 0. The molecule has 0 aliphatic heterocycles. The Morgan fingerprint density at radius 1 is 0.690 bits per heavy atom. The molecular weight excluding hydrogens is 390 g/mol. The smallest absolute Gasteiger partial charge is 0.166 e. The maximum atomic E-state index is 14.2. The highest BCUT2D eigenvalue weighted by atomic mass is 19.4. The third kappa shape index (κ3) is 4.31. The lowest BCUT2D eigenvalue weighted by molar-refractivity contribution is -0.142. The van der Waals surface area contributed by atoms with Crippen LogP contribution in [0.2, 0.25) is 0 Å². The second kappa shape index (κ2) is 7.93. The summed E-state index contributed by atoms with van der Waals surface area (Å²) < 4.78 is 84.6. The first-order valence-corrected chi connectivity index (χ1v) is 9.02. The van der Waals surface area contributed by atoms with E-state index < -0.39 is 29.0 Å². The van der Waals surface area contributed by atoms with Gasteiger partial charge in [0.1, 0.15) is 0 Å². The molecule has 29 heavy (non-hydrogen) atoms. The molecule has 151 valence electrons. The van der Waals surface area contributed by atoms with Gasteiger partial charge in [0.25, 0.3) is 0 Å². The van der Waals surface area contributed by atoms with Crippen molar-refractivity contribution in [2.45, 2.75) is 32.1 Å². The van der Waals surface area contributed by atoms with Gasteiger partial charge < -0.3 is 0 Å². The van der Waals surface area contributed by atoms with Gasteiger partial charge in [-0.25, -0.2) is 0 Å². The van der Waals surface area contributed by atoms with Crippen LogP contribution in [0.15, 0.2) is 60.7 Å². The number of hydrogen-bond donors (Lipinski definition) is 0. The maximum Gasteiger partial charge on any atom is 0.417 e. The van der Waals surface area contributed by atoms with Crippen LogP contribution in [0.1, 0.15) is 30.0 Å². The highest BCUT2D eigenvalue weighted by molar-refractivity contribution is 5.83. The molecule has 3 aromatic carbocycles. The summed E-state index contributed by atoms with van der Waals surface area (Å²) in [6.45, 7) is 1.68. The largest absolute Gasteiger partial charge is 0.417 e. The molecule has 6 heteroatoms. The van der Waals surface area contributed by atoms with Crippen LogP contribution in [-0.2, 0) is 18.8 Å². The van der Waals surface area contributed by atoms with Crippen molar-refractivity contribution in [1.82, 2.24) is 0 Å². The summed E-state index contributed by atoms with van der Waals surface area (Å²) >= 11 is 0. The third-order valence-electron chi connectivity index (χ3n) is 4.52. The van der Waals surface area contributed by atoms with Gasteiger partial charge in [0.05, 0.1) is 11.1 Å². The Kier molecular flexibility index (Phi) is 5.73. The minimum atomic E-state index is -5.00. The first kappa shape index (κ1) is 21.0. The van der Waals surface area contributed by atoms with E-state index in [4.69, 9.17) is 0 Å². The summed E-state index contributed by atoms with van der Waals surface area (Å²) in [7, 11) is 0. The number of rotatable bonds is 4. The molecule has 1 radical (unpaired) electrons.